The molecule has 8 nitrogen and oxygen atoms in total. The molecule has 0 aliphatic carbocycles. The van der Waals surface area contributed by atoms with Crippen molar-refractivity contribution in [2.45, 2.75) is 0 Å². The number of hydrogen-bond acceptors (Lipinski definition) is 8. The van der Waals surface area contributed by atoms with Crippen LogP contribution in [0.4, 0.5) is 5.88 Å². The Balaban J connectivity index is 2.20. The molecule has 0 radical (unpaired) electrons. The fourth-order valence-electron chi connectivity index (χ4n) is 2.99. The van der Waals surface area contributed by atoms with Crippen molar-refractivity contribution in [2.24, 2.45) is 0 Å². The highest BCUT2D eigenvalue weighted by atomic mass is 16.5. The fourth-order valence-corrected chi connectivity index (χ4v) is 2.99. The van der Waals surface area contributed by atoms with Crippen molar-refractivity contribution in [3.05, 3.63) is 30.3 Å². The molecule has 0 amide bonds. The minimum Gasteiger partial charge on any atom is -0.493 e. The molecule has 0 aliphatic rings. The van der Waals surface area contributed by atoms with E-state index in [9.17, 15) is 0 Å². The van der Waals surface area contributed by atoms with E-state index in [-0.39, 0.29) is 5.88 Å². The highest BCUT2D eigenvalue weighted by Crippen LogP contribution is 2.45. The lowest BCUT2D eigenvalue weighted by Crippen LogP contribution is -1.97. The molecular formula is C20H22N2O6. The maximum atomic E-state index is 6.09. The van der Waals surface area contributed by atoms with E-state index in [1.807, 2.05) is 6.07 Å². The number of rotatable bonds is 7. The third-order valence-corrected chi connectivity index (χ3v) is 4.33. The molecule has 28 heavy (non-hydrogen) atoms. The summed E-state index contributed by atoms with van der Waals surface area (Å²) in [5, 5.41) is 4.14. The lowest BCUT2D eigenvalue weighted by atomic mass is 9.99. The molecule has 0 aliphatic heterocycles. The van der Waals surface area contributed by atoms with Gasteiger partial charge in [-0.3, -0.25) is 0 Å². The van der Waals surface area contributed by atoms with Gasteiger partial charge in [0.25, 0.3) is 0 Å². The standard InChI is InChI=1S/C20H22N2O6/c1-23-13-7-6-11(8-14(13)24-2)18-17(20(21)28-22-18)12-9-15(25-3)19(27-5)16(10-12)26-4/h6-10H,21H2,1-5H3. The summed E-state index contributed by atoms with van der Waals surface area (Å²) in [4.78, 5) is 0. The minimum absolute atomic E-state index is 0.166. The predicted molar refractivity (Wildman–Crippen MR) is 105 cm³/mol. The Bertz CT molecular complexity index is 958. The quantitative estimate of drug-likeness (QED) is 0.657. The van der Waals surface area contributed by atoms with E-state index < -0.39 is 0 Å². The molecule has 3 rings (SSSR count). The summed E-state index contributed by atoms with van der Waals surface area (Å²) in [5.74, 6) is 2.82. The molecule has 0 saturated heterocycles. The molecule has 2 N–H and O–H groups in total. The van der Waals surface area contributed by atoms with Gasteiger partial charge in [0.1, 0.15) is 5.69 Å². The lowest BCUT2D eigenvalue weighted by molar-refractivity contribution is 0.324. The molecule has 148 valence electrons. The fraction of sp³-hybridized carbons (Fsp3) is 0.250. The van der Waals surface area contributed by atoms with Crippen molar-refractivity contribution in [1.82, 2.24) is 5.16 Å². The van der Waals surface area contributed by atoms with Crippen LogP contribution in [0.3, 0.4) is 0 Å². The van der Waals surface area contributed by atoms with Crippen molar-refractivity contribution in [1.29, 1.82) is 0 Å². The number of ether oxygens (including phenoxy) is 5. The van der Waals surface area contributed by atoms with E-state index >= 15 is 0 Å². The van der Waals surface area contributed by atoms with E-state index in [4.69, 9.17) is 33.9 Å². The summed E-state index contributed by atoms with van der Waals surface area (Å²) in [6, 6.07) is 9.01. The lowest BCUT2D eigenvalue weighted by Gasteiger charge is -2.14. The van der Waals surface area contributed by atoms with Crippen LogP contribution in [0.25, 0.3) is 22.4 Å². The van der Waals surface area contributed by atoms with Crippen LogP contribution in [-0.2, 0) is 0 Å². The van der Waals surface area contributed by atoms with Gasteiger partial charge in [-0.2, -0.15) is 0 Å². The molecule has 1 aromatic heterocycles. The van der Waals surface area contributed by atoms with Crippen molar-refractivity contribution in [3.63, 3.8) is 0 Å². The van der Waals surface area contributed by atoms with Crippen LogP contribution in [0, 0.1) is 0 Å². The second-order valence-corrected chi connectivity index (χ2v) is 5.75. The molecule has 3 aromatic rings. The minimum atomic E-state index is 0.166. The highest BCUT2D eigenvalue weighted by Gasteiger charge is 2.22. The molecule has 1 heterocycles. The van der Waals surface area contributed by atoms with Crippen LogP contribution < -0.4 is 29.4 Å². The monoisotopic (exact) mass is 386 g/mol. The number of benzene rings is 2. The summed E-state index contributed by atoms with van der Waals surface area (Å²) in [6.45, 7) is 0. The van der Waals surface area contributed by atoms with Crippen molar-refractivity contribution in [3.8, 4) is 51.1 Å². The van der Waals surface area contributed by atoms with Gasteiger partial charge >= 0.3 is 0 Å². The Morgan fingerprint density at radius 3 is 1.82 bits per heavy atom. The third-order valence-electron chi connectivity index (χ3n) is 4.33. The van der Waals surface area contributed by atoms with E-state index in [1.165, 1.54) is 0 Å². The average Bonchev–Trinajstić information content (AvgIpc) is 3.13. The second kappa shape index (κ2) is 7.99. The van der Waals surface area contributed by atoms with Gasteiger partial charge in [0.2, 0.25) is 11.6 Å². The summed E-state index contributed by atoms with van der Waals surface area (Å²) >= 11 is 0. The molecular weight excluding hydrogens is 364 g/mol. The Kier molecular flexibility index (Phi) is 5.49. The number of nitrogen functional groups attached to an aromatic ring is 1. The first-order valence-electron chi connectivity index (χ1n) is 8.35. The Hall–Kier alpha value is -3.55. The van der Waals surface area contributed by atoms with Crippen LogP contribution in [0.15, 0.2) is 34.9 Å². The maximum absolute atomic E-state index is 6.09. The summed E-state index contributed by atoms with van der Waals surface area (Å²) in [5.41, 5.74) is 8.70. The highest BCUT2D eigenvalue weighted by molar-refractivity contribution is 5.89. The van der Waals surface area contributed by atoms with Crippen molar-refractivity contribution < 1.29 is 28.2 Å². The largest absolute Gasteiger partial charge is 0.493 e. The van der Waals surface area contributed by atoms with E-state index in [1.54, 1.807) is 59.8 Å². The molecule has 0 fully saturated rings. The van der Waals surface area contributed by atoms with Gasteiger partial charge in [-0.1, -0.05) is 5.16 Å². The zero-order chi connectivity index (χ0) is 20.3. The van der Waals surface area contributed by atoms with Gasteiger partial charge in [0.05, 0.1) is 41.1 Å². The number of hydrogen-bond donors (Lipinski definition) is 1. The summed E-state index contributed by atoms with van der Waals surface area (Å²) < 4.78 is 32.2. The Labute approximate surface area is 162 Å². The first-order valence-corrected chi connectivity index (χ1v) is 8.35. The van der Waals surface area contributed by atoms with Gasteiger partial charge in [-0.25, -0.2) is 0 Å². The third kappa shape index (κ3) is 3.24. The van der Waals surface area contributed by atoms with Crippen LogP contribution in [0.1, 0.15) is 0 Å². The van der Waals surface area contributed by atoms with Gasteiger partial charge in [0, 0.05) is 5.56 Å². The molecule has 0 saturated carbocycles. The van der Waals surface area contributed by atoms with Gasteiger partial charge in [0.15, 0.2) is 23.0 Å². The number of methoxy groups -OCH3 is 5. The molecule has 0 unspecified atom stereocenters. The normalized spacial score (nSPS) is 10.5. The molecule has 2 aromatic carbocycles. The molecule has 0 atom stereocenters. The predicted octanol–water partition coefficient (Wildman–Crippen LogP) is 3.63. The topological polar surface area (TPSA) is 98.2 Å². The average molecular weight is 386 g/mol. The first-order chi connectivity index (χ1) is 13.6. The summed E-state index contributed by atoms with van der Waals surface area (Å²) in [7, 11) is 7.79. The SMILES string of the molecule is COc1ccc(-c2noc(N)c2-c2cc(OC)c(OC)c(OC)c2)cc1OC. The van der Waals surface area contributed by atoms with Gasteiger partial charge in [-0.05, 0) is 35.9 Å². The maximum Gasteiger partial charge on any atom is 0.230 e. The Morgan fingerprint density at radius 2 is 1.29 bits per heavy atom. The van der Waals surface area contributed by atoms with E-state index in [2.05, 4.69) is 5.16 Å². The Morgan fingerprint density at radius 1 is 0.714 bits per heavy atom. The van der Waals surface area contributed by atoms with Crippen LogP contribution in [0.2, 0.25) is 0 Å². The zero-order valence-corrected chi connectivity index (χ0v) is 16.4. The van der Waals surface area contributed by atoms with Crippen molar-refractivity contribution >= 4 is 5.88 Å². The number of nitrogens with two attached hydrogens (primary N) is 1. The van der Waals surface area contributed by atoms with Gasteiger partial charge in [-0.15, -0.1) is 0 Å². The number of nitrogens with zero attached hydrogens (tertiary/aromatic N) is 1. The van der Waals surface area contributed by atoms with Gasteiger partial charge < -0.3 is 33.9 Å². The van der Waals surface area contributed by atoms with E-state index in [0.717, 1.165) is 5.56 Å². The molecule has 8 heteroatoms. The molecule has 0 spiro atoms. The van der Waals surface area contributed by atoms with Crippen molar-refractivity contribution in [2.75, 3.05) is 41.3 Å². The first kappa shape index (κ1) is 19.2. The smallest absolute Gasteiger partial charge is 0.230 e. The van der Waals surface area contributed by atoms with Crippen LogP contribution in [0.5, 0.6) is 28.7 Å². The molecule has 0 bridgehead atoms. The number of anilines is 1. The second-order valence-electron chi connectivity index (χ2n) is 5.75. The van der Waals surface area contributed by atoms with E-state index in [0.29, 0.717) is 45.6 Å². The zero-order valence-electron chi connectivity index (χ0n) is 16.4. The number of aromatic nitrogens is 1. The van der Waals surface area contributed by atoms with Crippen LogP contribution in [-0.4, -0.2) is 40.7 Å². The summed E-state index contributed by atoms with van der Waals surface area (Å²) in [6.07, 6.45) is 0. The van der Waals surface area contributed by atoms with Crippen LogP contribution >= 0.6 is 0 Å².